The van der Waals surface area contributed by atoms with E-state index in [1.807, 2.05) is 0 Å². The van der Waals surface area contributed by atoms with E-state index in [0.29, 0.717) is 6.54 Å². The zero-order valence-corrected chi connectivity index (χ0v) is 13.9. The van der Waals surface area contributed by atoms with Crippen LogP contribution in [-0.2, 0) is 11.0 Å². The number of carbonyl (C=O) groups excluding carboxylic acids is 2. The standard InChI is InChI=1S/C18H17F3N2O3/c1-2-22-16(24)11-23-17(25)12-5-3-7-14(9-12)26-15-8-4-6-13(10-15)18(19,20)21/h3-10H,2,11H2,1H3,(H,22,24)(H,23,25). The summed E-state index contributed by atoms with van der Waals surface area (Å²) in [5, 5.41) is 4.99. The van der Waals surface area contributed by atoms with Crippen molar-refractivity contribution in [1.82, 2.24) is 10.6 Å². The minimum absolute atomic E-state index is 0.000272. The highest BCUT2D eigenvalue weighted by molar-refractivity contribution is 5.96. The third-order valence-corrected chi connectivity index (χ3v) is 3.28. The lowest BCUT2D eigenvalue weighted by molar-refractivity contribution is -0.137. The number of rotatable bonds is 6. The summed E-state index contributed by atoms with van der Waals surface area (Å²) in [6, 6.07) is 10.4. The Bertz CT molecular complexity index is 791. The Morgan fingerprint density at radius 3 is 2.31 bits per heavy atom. The number of likely N-dealkylation sites (N-methyl/N-ethyl adjacent to an activating group) is 1. The highest BCUT2D eigenvalue weighted by atomic mass is 19.4. The van der Waals surface area contributed by atoms with Crippen LogP contribution < -0.4 is 15.4 Å². The number of hydrogen-bond donors (Lipinski definition) is 2. The second kappa shape index (κ2) is 8.37. The second-order valence-electron chi connectivity index (χ2n) is 5.29. The molecule has 5 nitrogen and oxygen atoms in total. The molecule has 8 heteroatoms. The van der Waals surface area contributed by atoms with E-state index in [1.54, 1.807) is 6.92 Å². The van der Waals surface area contributed by atoms with E-state index in [4.69, 9.17) is 4.74 Å². The Balaban J connectivity index is 2.07. The molecule has 0 aromatic heterocycles. The maximum Gasteiger partial charge on any atom is 0.416 e. The molecule has 2 amide bonds. The third kappa shape index (κ3) is 5.51. The SMILES string of the molecule is CCNC(=O)CNC(=O)c1cccc(Oc2cccc(C(F)(F)F)c2)c1. The first-order valence-corrected chi connectivity index (χ1v) is 7.79. The van der Waals surface area contributed by atoms with Gasteiger partial charge in [-0.15, -0.1) is 0 Å². The van der Waals surface area contributed by atoms with Gasteiger partial charge in [0.05, 0.1) is 12.1 Å². The first kappa shape index (κ1) is 19.3. The molecule has 0 spiro atoms. The number of nitrogens with one attached hydrogen (secondary N) is 2. The zero-order valence-electron chi connectivity index (χ0n) is 13.9. The van der Waals surface area contributed by atoms with Gasteiger partial charge in [0.1, 0.15) is 11.5 Å². The Morgan fingerprint density at radius 2 is 1.65 bits per heavy atom. The van der Waals surface area contributed by atoms with Crippen LogP contribution >= 0.6 is 0 Å². The lowest BCUT2D eigenvalue weighted by Crippen LogP contribution is -2.36. The molecule has 138 valence electrons. The highest BCUT2D eigenvalue weighted by Crippen LogP contribution is 2.32. The van der Waals surface area contributed by atoms with Crippen LogP contribution in [0.3, 0.4) is 0 Å². The summed E-state index contributed by atoms with van der Waals surface area (Å²) in [7, 11) is 0. The van der Waals surface area contributed by atoms with E-state index in [2.05, 4.69) is 10.6 Å². The van der Waals surface area contributed by atoms with Crippen molar-refractivity contribution in [3.63, 3.8) is 0 Å². The van der Waals surface area contributed by atoms with Crippen molar-refractivity contribution in [3.05, 3.63) is 59.7 Å². The van der Waals surface area contributed by atoms with Crippen molar-refractivity contribution < 1.29 is 27.5 Å². The Labute approximate surface area is 148 Å². The van der Waals surface area contributed by atoms with E-state index in [1.165, 1.54) is 36.4 Å². The summed E-state index contributed by atoms with van der Waals surface area (Å²) in [4.78, 5) is 23.4. The fraction of sp³-hybridized carbons (Fsp3) is 0.222. The lowest BCUT2D eigenvalue weighted by Gasteiger charge is -2.11. The number of ether oxygens (including phenoxy) is 1. The van der Waals surface area contributed by atoms with Crippen molar-refractivity contribution >= 4 is 11.8 Å². The van der Waals surface area contributed by atoms with Crippen molar-refractivity contribution in [2.45, 2.75) is 13.1 Å². The summed E-state index contributed by atoms with van der Waals surface area (Å²) >= 11 is 0. The molecule has 2 aromatic rings. The molecule has 0 bridgehead atoms. The number of hydrogen-bond acceptors (Lipinski definition) is 3. The van der Waals surface area contributed by atoms with E-state index in [-0.39, 0.29) is 29.5 Å². The average molecular weight is 366 g/mol. The van der Waals surface area contributed by atoms with Gasteiger partial charge in [0.15, 0.2) is 0 Å². The van der Waals surface area contributed by atoms with Gasteiger partial charge >= 0.3 is 6.18 Å². The van der Waals surface area contributed by atoms with Crippen molar-refractivity contribution in [1.29, 1.82) is 0 Å². The van der Waals surface area contributed by atoms with E-state index >= 15 is 0 Å². The Morgan fingerprint density at radius 1 is 1.00 bits per heavy atom. The zero-order chi connectivity index (χ0) is 19.2. The van der Waals surface area contributed by atoms with Gasteiger partial charge in [-0.3, -0.25) is 9.59 Å². The minimum Gasteiger partial charge on any atom is -0.457 e. The first-order chi connectivity index (χ1) is 12.3. The number of alkyl halides is 3. The van der Waals surface area contributed by atoms with Crippen molar-refractivity contribution in [2.75, 3.05) is 13.1 Å². The van der Waals surface area contributed by atoms with E-state index < -0.39 is 17.6 Å². The summed E-state index contributed by atoms with van der Waals surface area (Å²) in [5.74, 6) is -0.613. The van der Waals surface area contributed by atoms with E-state index in [9.17, 15) is 22.8 Å². The fourth-order valence-corrected chi connectivity index (χ4v) is 2.10. The molecule has 0 aliphatic heterocycles. The smallest absolute Gasteiger partial charge is 0.416 e. The fourth-order valence-electron chi connectivity index (χ4n) is 2.10. The predicted molar refractivity (Wildman–Crippen MR) is 89.0 cm³/mol. The number of benzene rings is 2. The predicted octanol–water partition coefficient (Wildman–Crippen LogP) is 3.36. The van der Waals surface area contributed by atoms with Crippen molar-refractivity contribution in [2.24, 2.45) is 0 Å². The molecule has 0 aliphatic rings. The van der Waals surface area contributed by atoms with Gasteiger partial charge in [-0.2, -0.15) is 13.2 Å². The molecule has 26 heavy (non-hydrogen) atoms. The summed E-state index contributed by atoms with van der Waals surface area (Å²) in [5.41, 5.74) is -0.607. The summed E-state index contributed by atoms with van der Waals surface area (Å²) in [6.45, 7) is 2.04. The van der Waals surface area contributed by atoms with Crippen LogP contribution in [0.15, 0.2) is 48.5 Å². The maximum absolute atomic E-state index is 12.7. The monoisotopic (exact) mass is 366 g/mol. The minimum atomic E-state index is -4.47. The van der Waals surface area contributed by atoms with Gasteiger partial charge in [-0.1, -0.05) is 12.1 Å². The van der Waals surface area contributed by atoms with Crippen LogP contribution in [-0.4, -0.2) is 24.9 Å². The van der Waals surface area contributed by atoms with Gasteiger partial charge in [0.25, 0.3) is 5.91 Å². The second-order valence-corrected chi connectivity index (χ2v) is 5.29. The van der Waals surface area contributed by atoms with Crippen LogP contribution in [0.25, 0.3) is 0 Å². The molecule has 0 atom stereocenters. The van der Waals surface area contributed by atoms with Gasteiger partial charge < -0.3 is 15.4 Å². The third-order valence-electron chi connectivity index (χ3n) is 3.28. The molecular formula is C18H17F3N2O3. The highest BCUT2D eigenvalue weighted by Gasteiger charge is 2.30. The van der Waals surface area contributed by atoms with Gasteiger partial charge in [-0.05, 0) is 43.3 Å². The normalized spacial score (nSPS) is 10.9. The number of carbonyl (C=O) groups is 2. The van der Waals surface area contributed by atoms with Gasteiger partial charge in [0.2, 0.25) is 5.91 Å². The molecule has 2 aromatic carbocycles. The van der Waals surface area contributed by atoms with Gasteiger partial charge in [-0.25, -0.2) is 0 Å². The molecule has 0 saturated heterocycles. The molecular weight excluding hydrogens is 349 g/mol. The van der Waals surface area contributed by atoms with Crippen molar-refractivity contribution in [3.8, 4) is 11.5 Å². The van der Waals surface area contributed by atoms with Gasteiger partial charge in [0, 0.05) is 12.1 Å². The molecule has 0 unspecified atom stereocenters. The molecule has 0 saturated carbocycles. The molecule has 0 fully saturated rings. The molecule has 2 N–H and O–H groups in total. The molecule has 2 rings (SSSR count). The molecule has 0 heterocycles. The molecule has 0 aliphatic carbocycles. The lowest BCUT2D eigenvalue weighted by atomic mass is 10.2. The summed E-state index contributed by atoms with van der Waals surface area (Å²) < 4.78 is 43.6. The largest absolute Gasteiger partial charge is 0.457 e. The first-order valence-electron chi connectivity index (χ1n) is 7.79. The Hall–Kier alpha value is -3.03. The van der Waals surface area contributed by atoms with Crippen LogP contribution in [0.5, 0.6) is 11.5 Å². The molecule has 0 radical (unpaired) electrons. The van der Waals surface area contributed by atoms with Crippen LogP contribution in [0, 0.1) is 0 Å². The number of halogens is 3. The summed E-state index contributed by atoms with van der Waals surface area (Å²) in [6.07, 6.45) is -4.47. The number of amides is 2. The maximum atomic E-state index is 12.7. The topological polar surface area (TPSA) is 67.4 Å². The van der Waals surface area contributed by atoms with Crippen LogP contribution in [0.4, 0.5) is 13.2 Å². The van der Waals surface area contributed by atoms with Crippen LogP contribution in [0.2, 0.25) is 0 Å². The quantitative estimate of drug-likeness (QED) is 0.824. The van der Waals surface area contributed by atoms with E-state index in [0.717, 1.165) is 12.1 Å². The Kier molecular flexibility index (Phi) is 6.21. The average Bonchev–Trinajstić information content (AvgIpc) is 2.60. The van der Waals surface area contributed by atoms with Crippen LogP contribution in [0.1, 0.15) is 22.8 Å².